The summed E-state index contributed by atoms with van der Waals surface area (Å²) in [4.78, 5) is 0. The van der Waals surface area contributed by atoms with Crippen LogP contribution in [0.4, 0.5) is 0 Å². The van der Waals surface area contributed by atoms with Crippen molar-refractivity contribution in [3.8, 4) is 0 Å². The van der Waals surface area contributed by atoms with E-state index in [4.69, 9.17) is 9.05 Å². The standard InChI is InChI=1S/C12H23O5PS/c1-10(2)19(14,15)9-18(13,16-7-11-3-4-11)17-8-12-5-6-12/h10-12H,3-9H2,1-2H3. The number of hydrogen-bond acceptors (Lipinski definition) is 5. The minimum absolute atomic E-state index is 0.357. The Hall–Kier alpha value is 0.1000. The van der Waals surface area contributed by atoms with Crippen molar-refractivity contribution in [2.24, 2.45) is 11.8 Å². The van der Waals surface area contributed by atoms with Gasteiger partial charge in [0.25, 0.3) is 0 Å². The molecule has 2 aliphatic carbocycles. The van der Waals surface area contributed by atoms with E-state index in [2.05, 4.69) is 0 Å². The van der Waals surface area contributed by atoms with Gasteiger partial charge in [0.2, 0.25) is 0 Å². The molecule has 0 bridgehead atoms. The summed E-state index contributed by atoms with van der Waals surface area (Å²) in [6, 6.07) is 0. The van der Waals surface area contributed by atoms with Gasteiger partial charge < -0.3 is 9.05 Å². The van der Waals surface area contributed by atoms with Crippen LogP contribution in [0.5, 0.6) is 0 Å². The zero-order valence-electron chi connectivity index (χ0n) is 11.6. The van der Waals surface area contributed by atoms with E-state index < -0.39 is 28.2 Å². The van der Waals surface area contributed by atoms with Crippen molar-refractivity contribution in [2.75, 3.05) is 18.7 Å². The molecule has 19 heavy (non-hydrogen) atoms. The molecule has 2 fully saturated rings. The minimum atomic E-state index is -3.51. The lowest BCUT2D eigenvalue weighted by molar-refractivity contribution is 0.195. The molecule has 2 aliphatic rings. The quantitative estimate of drug-likeness (QED) is 0.612. The Balaban J connectivity index is 1.95. The second-order valence-electron chi connectivity index (χ2n) is 5.93. The molecule has 0 radical (unpaired) electrons. The van der Waals surface area contributed by atoms with Crippen LogP contribution in [0, 0.1) is 11.8 Å². The molecule has 0 N–H and O–H groups in total. The summed E-state index contributed by atoms with van der Waals surface area (Å²) in [5.41, 5.74) is -0.489. The van der Waals surface area contributed by atoms with E-state index in [0.29, 0.717) is 25.0 Å². The second kappa shape index (κ2) is 5.84. The van der Waals surface area contributed by atoms with Gasteiger partial charge in [-0.1, -0.05) is 0 Å². The zero-order chi connectivity index (χ0) is 14.1. The maximum atomic E-state index is 12.6. The average Bonchev–Trinajstić information content (AvgIpc) is 3.15. The third-order valence-corrected chi connectivity index (χ3v) is 8.69. The molecule has 112 valence electrons. The van der Waals surface area contributed by atoms with Crippen molar-refractivity contribution in [1.29, 1.82) is 0 Å². The molecule has 0 aromatic heterocycles. The molecule has 0 atom stereocenters. The van der Waals surface area contributed by atoms with Crippen LogP contribution in [-0.2, 0) is 23.4 Å². The highest BCUT2D eigenvalue weighted by atomic mass is 32.2. The highest BCUT2D eigenvalue weighted by Gasteiger charge is 2.37. The second-order valence-corrected chi connectivity index (χ2v) is 11.0. The average molecular weight is 310 g/mol. The fraction of sp³-hybridized carbons (Fsp3) is 1.00. The molecule has 0 heterocycles. The molecule has 0 aliphatic heterocycles. The SMILES string of the molecule is CC(C)S(=O)(=O)CP(=O)(OCC1CC1)OCC1CC1. The van der Waals surface area contributed by atoms with Gasteiger partial charge in [0, 0.05) is 0 Å². The molecule has 2 rings (SSSR count). The molecule has 7 heteroatoms. The van der Waals surface area contributed by atoms with Crippen LogP contribution in [0.15, 0.2) is 0 Å². The predicted molar refractivity (Wildman–Crippen MR) is 73.9 cm³/mol. The molecule has 0 aromatic rings. The van der Waals surface area contributed by atoms with Crippen molar-refractivity contribution in [2.45, 2.75) is 44.8 Å². The summed E-state index contributed by atoms with van der Waals surface area (Å²) in [5.74, 6) is 0.860. The van der Waals surface area contributed by atoms with Crippen LogP contribution in [0.25, 0.3) is 0 Å². The summed E-state index contributed by atoms with van der Waals surface area (Å²) in [6.45, 7) is 3.88. The van der Waals surface area contributed by atoms with Gasteiger partial charge in [-0.2, -0.15) is 0 Å². The van der Waals surface area contributed by atoms with Crippen LogP contribution < -0.4 is 0 Å². The van der Waals surface area contributed by atoms with E-state index in [9.17, 15) is 13.0 Å². The first kappa shape index (κ1) is 15.5. The largest absolute Gasteiger partial charge is 0.345 e. The smallest absolute Gasteiger partial charge is 0.308 e. The fourth-order valence-electron chi connectivity index (χ4n) is 1.49. The van der Waals surface area contributed by atoms with Crippen molar-refractivity contribution in [1.82, 2.24) is 0 Å². The van der Waals surface area contributed by atoms with Crippen LogP contribution >= 0.6 is 7.60 Å². The summed E-state index contributed by atoms with van der Waals surface area (Å²) in [7, 11) is -6.93. The van der Waals surface area contributed by atoms with E-state index in [1.54, 1.807) is 13.8 Å². The molecule has 0 saturated heterocycles. The first-order valence-electron chi connectivity index (χ1n) is 6.90. The van der Waals surface area contributed by atoms with Crippen molar-refractivity contribution in [3.05, 3.63) is 0 Å². The normalized spacial score (nSPS) is 21.0. The predicted octanol–water partition coefficient (Wildman–Crippen LogP) is 2.81. The highest BCUT2D eigenvalue weighted by molar-refractivity contribution is 7.98. The Morgan fingerprint density at radius 2 is 1.47 bits per heavy atom. The molecule has 0 unspecified atom stereocenters. The summed E-state index contributed by atoms with van der Waals surface area (Å²) in [6.07, 6.45) is 4.28. The van der Waals surface area contributed by atoms with Gasteiger partial charge in [-0.15, -0.1) is 0 Å². The van der Waals surface area contributed by atoms with Gasteiger partial charge in [-0.3, -0.25) is 4.57 Å². The fourth-order valence-corrected chi connectivity index (χ4v) is 5.99. The van der Waals surface area contributed by atoms with Crippen LogP contribution in [0.2, 0.25) is 0 Å². The first-order valence-corrected chi connectivity index (χ1v) is 10.3. The molecule has 0 amide bonds. The number of hydrogen-bond donors (Lipinski definition) is 0. The van der Waals surface area contributed by atoms with E-state index >= 15 is 0 Å². The highest BCUT2D eigenvalue weighted by Crippen LogP contribution is 2.52. The third kappa shape index (κ3) is 5.18. The minimum Gasteiger partial charge on any atom is -0.308 e. The van der Waals surface area contributed by atoms with Gasteiger partial charge in [-0.05, 0) is 51.4 Å². The van der Waals surface area contributed by atoms with Crippen LogP contribution in [0.1, 0.15) is 39.5 Å². The molecule has 5 nitrogen and oxygen atoms in total. The topological polar surface area (TPSA) is 69.7 Å². The van der Waals surface area contributed by atoms with Gasteiger partial charge in [0.1, 0.15) is 0 Å². The van der Waals surface area contributed by atoms with Gasteiger partial charge in [0.05, 0.1) is 18.5 Å². The zero-order valence-corrected chi connectivity index (χ0v) is 13.3. The van der Waals surface area contributed by atoms with E-state index in [1.807, 2.05) is 0 Å². The Labute approximate surface area is 115 Å². The van der Waals surface area contributed by atoms with E-state index in [0.717, 1.165) is 25.7 Å². The van der Waals surface area contributed by atoms with E-state index in [-0.39, 0.29) is 0 Å². The lowest BCUT2D eigenvalue weighted by Gasteiger charge is -2.19. The lowest BCUT2D eigenvalue weighted by Crippen LogP contribution is -2.20. The number of rotatable bonds is 9. The third-order valence-electron chi connectivity index (χ3n) is 3.46. The van der Waals surface area contributed by atoms with Crippen LogP contribution in [0.3, 0.4) is 0 Å². The monoisotopic (exact) mass is 310 g/mol. The summed E-state index contributed by atoms with van der Waals surface area (Å²) >= 11 is 0. The maximum absolute atomic E-state index is 12.6. The van der Waals surface area contributed by atoms with Gasteiger partial charge in [0.15, 0.2) is 15.3 Å². The van der Waals surface area contributed by atoms with Gasteiger partial charge >= 0.3 is 7.60 Å². The Kier molecular flexibility index (Phi) is 4.76. The first-order chi connectivity index (χ1) is 8.81. The van der Waals surface area contributed by atoms with Crippen molar-refractivity contribution < 1.29 is 22.0 Å². The molecular weight excluding hydrogens is 287 g/mol. The lowest BCUT2D eigenvalue weighted by atomic mass is 10.5. The maximum Gasteiger partial charge on any atom is 0.345 e. The Bertz CT molecular complexity index is 431. The van der Waals surface area contributed by atoms with E-state index in [1.165, 1.54) is 0 Å². The molecule has 0 spiro atoms. The Morgan fingerprint density at radius 1 is 1.05 bits per heavy atom. The van der Waals surface area contributed by atoms with Crippen LogP contribution in [-0.4, -0.2) is 32.4 Å². The molecule has 2 saturated carbocycles. The summed E-state index contributed by atoms with van der Waals surface area (Å²) in [5, 5.41) is -0.560. The van der Waals surface area contributed by atoms with Crippen molar-refractivity contribution >= 4 is 17.4 Å². The molecule has 0 aromatic carbocycles. The van der Waals surface area contributed by atoms with Crippen molar-refractivity contribution in [3.63, 3.8) is 0 Å². The van der Waals surface area contributed by atoms with Gasteiger partial charge in [-0.25, -0.2) is 8.42 Å². The summed E-state index contributed by atoms with van der Waals surface area (Å²) < 4.78 is 47.2. The number of sulfone groups is 1. The Morgan fingerprint density at radius 3 is 1.79 bits per heavy atom. The molecular formula is C12H23O5PS.